The van der Waals surface area contributed by atoms with Gasteiger partial charge in [0.25, 0.3) is 0 Å². The first-order valence-corrected chi connectivity index (χ1v) is 7.25. The first-order valence-electron chi connectivity index (χ1n) is 5.81. The lowest BCUT2D eigenvalue weighted by Gasteiger charge is -2.33. The van der Waals surface area contributed by atoms with E-state index in [1.807, 2.05) is 14.0 Å². The van der Waals surface area contributed by atoms with Gasteiger partial charge in [0.15, 0.2) is 0 Å². The Labute approximate surface area is 102 Å². The van der Waals surface area contributed by atoms with Gasteiger partial charge in [-0.15, -0.1) is 0 Å². The zero-order valence-electron chi connectivity index (χ0n) is 10.2. The van der Waals surface area contributed by atoms with E-state index in [1.54, 1.807) is 16.6 Å². The third-order valence-corrected chi connectivity index (χ3v) is 5.45. The summed E-state index contributed by atoms with van der Waals surface area (Å²) in [5, 5.41) is 3.08. The number of hydrogen-bond acceptors (Lipinski definition) is 3. The van der Waals surface area contributed by atoms with Gasteiger partial charge in [-0.05, 0) is 32.9 Å². The van der Waals surface area contributed by atoms with E-state index in [4.69, 9.17) is 0 Å². The van der Waals surface area contributed by atoms with Gasteiger partial charge in [-0.2, -0.15) is 4.31 Å². The van der Waals surface area contributed by atoms with Gasteiger partial charge in [0, 0.05) is 31.0 Å². The summed E-state index contributed by atoms with van der Waals surface area (Å²) in [5.74, 6) is 0. The fourth-order valence-electron chi connectivity index (χ4n) is 2.56. The first kappa shape index (κ1) is 12.6. The molecule has 5 nitrogen and oxygen atoms in total. The maximum Gasteiger partial charge on any atom is 0.245 e. The average molecular weight is 257 g/mol. The minimum absolute atomic E-state index is 0.315. The van der Waals surface area contributed by atoms with E-state index in [0.29, 0.717) is 18.0 Å². The molecule has 0 bridgehead atoms. The van der Waals surface area contributed by atoms with Crippen molar-refractivity contribution >= 4 is 10.0 Å². The Morgan fingerprint density at radius 3 is 2.94 bits per heavy atom. The van der Waals surface area contributed by atoms with Crippen LogP contribution in [0.5, 0.6) is 0 Å². The minimum atomic E-state index is -3.36. The first-order chi connectivity index (χ1) is 8.00. The van der Waals surface area contributed by atoms with Crippen LogP contribution >= 0.6 is 0 Å². The Morgan fingerprint density at radius 2 is 2.35 bits per heavy atom. The summed E-state index contributed by atoms with van der Waals surface area (Å²) in [6, 6.07) is 1.60. The lowest BCUT2D eigenvalue weighted by atomic mass is 10.0. The van der Waals surface area contributed by atoms with Crippen molar-refractivity contribution in [1.82, 2.24) is 14.6 Å². The van der Waals surface area contributed by atoms with Gasteiger partial charge in [-0.3, -0.25) is 0 Å². The molecule has 1 atom stereocenters. The molecule has 0 saturated carbocycles. The molecule has 1 aliphatic rings. The van der Waals surface area contributed by atoms with E-state index < -0.39 is 10.0 Å². The molecule has 0 radical (unpaired) electrons. The SMILES string of the molecule is CNCC1(C)CCCN1S(=O)(=O)c1cc[nH]c1. The smallest absolute Gasteiger partial charge is 0.245 e. The predicted octanol–water partition coefficient (Wildman–Crippen LogP) is 0.777. The molecule has 96 valence electrons. The Balaban J connectivity index is 2.34. The van der Waals surface area contributed by atoms with Gasteiger partial charge in [0.1, 0.15) is 0 Å². The van der Waals surface area contributed by atoms with E-state index in [1.165, 1.54) is 6.20 Å². The third-order valence-electron chi connectivity index (χ3n) is 3.39. The molecule has 0 aliphatic carbocycles. The largest absolute Gasteiger partial charge is 0.366 e. The number of nitrogens with zero attached hydrogens (tertiary/aromatic N) is 1. The summed E-state index contributed by atoms with van der Waals surface area (Å²) in [7, 11) is -1.51. The van der Waals surface area contributed by atoms with E-state index in [-0.39, 0.29) is 5.54 Å². The number of H-pyrrole nitrogens is 1. The van der Waals surface area contributed by atoms with Crippen molar-refractivity contribution in [3.05, 3.63) is 18.5 Å². The highest BCUT2D eigenvalue weighted by Gasteiger charge is 2.43. The molecule has 1 aromatic heterocycles. The molecule has 1 saturated heterocycles. The molecule has 0 aromatic carbocycles. The second-order valence-corrected chi connectivity index (χ2v) is 6.62. The molecule has 2 heterocycles. The van der Waals surface area contributed by atoms with E-state index >= 15 is 0 Å². The van der Waals surface area contributed by atoms with Crippen LogP contribution in [-0.2, 0) is 10.0 Å². The van der Waals surface area contributed by atoms with Crippen LogP contribution in [-0.4, -0.2) is 43.4 Å². The van der Waals surface area contributed by atoms with Crippen LogP contribution in [0.3, 0.4) is 0 Å². The van der Waals surface area contributed by atoms with Crippen molar-refractivity contribution in [1.29, 1.82) is 0 Å². The molecule has 1 aliphatic heterocycles. The van der Waals surface area contributed by atoms with Crippen LogP contribution in [0.1, 0.15) is 19.8 Å². The molecule has 2 N–H and O–H groups in total. The average Bonchev–Trinajstić information content (AvgIpc) is 2.87. The number of nitrogens with one attached hydrogen (secondary N) is 2. The second kappa shape index (κ2) is 4.44. The van der Waals surface area contributed by atoms with Gasteiger partial charge in [-0.25, -0.2) is 8.42 Å². The number of sulfonamides is 1. The Kier molecular flexibility index (Phi) is 3.29. The molecule has 1 fully saturated rings. The number of hydrogen-bond donors (Lipinski definition) is 2. The predicted molar refractivity (Wildman–Crippen MR) is 66.3 cm³/mol. The summed E-state index contributed by atoms with van der Waals surface area (Å²) >= 11 is 0. The number of aromatic amines is 1. The van der Waals surface area contributed by atoms with Crippen LogP contribution in [0.2, 0.25) is 0 Å². The normalized spacial score (nSPS) is 26.5. The van der Waals surface area contributed by atoms with Crippen molar-refractivity contribution in [2.24, 2.45) is 0 Å². The molecular formula is C11H19N3O2S. The molecule has 17 heavy (non-hydrogen) atoms. The van der Waals surface area contributed by atoms with Crippen LogP contribution in [0.25, 0.3) is 0 Å². The van der Waals surface area contributed by atoms with Crippen molar-refractivity contribution < 1.29 is 8.42 Å². The van der Waals surface area contributed by atoms with Gasteiger partial charge < -0.3 is 10.3 Å². The maximum atomic E-state index is 12.5. The van der Waals surface area contributed by atoms with Crippen LogP contribution in [0.15, 0.2) is 23.4 Å². The van der Waals surface area contributed by atoms with Crippen LogP contribution < -0.4 is 5.32 Å². The zero-order valence-corrected chi connectivity index (χ0v) is 11.0. The minimum Gasteiger partial charge on any atom is -0.366 e. The number of aromatic nitrogens is 1. The van der Waals surface area contributed by atoms with Gasteiger partial charge in [-0.1, -0.05) is 0 Å². The van der Waals surface area contributed by atoms with E-state index in [9.17, 15) is 8.42 Å². The standard InChI is InChI=1S/C11H19N3O2S/c1-11(9-12-2)5-3-7-14(11)17(15,16)10-4-6-13-8-10/h4,6,8,12-13H,3,5,7,9H2,1-2H3. The van der Waals surface area contributed by atoms with Crippen molar-refractivity contribution in [3.8, 4) is 0 Å². The van der Waals surface area contributed by atoms with E-state index in [0.717, 1.165) is 12.8 Å². The summed E-state index contributed by atoms with van der Waals surface area (Å²) in [6.07, 6.45) is 4.99. The molecule has 6 heteroatoms. The molecule has 0 amide bonds. The summed E-state index contributed by atoms with van der Waals surface area (Å²) in [6.45, 7) is 3.28. The highest BCUT2D eigenvalue weighted by Crippen LogP contribution is 2.33. The third kappa shape index (κ3) is 2.12. The zero-order chi connectivity index (χ0) is 12.5. The van der Waals surface area contributed by atoms with Gasteiger partial charge >= 0.3 is 0 Å². The van der Waals surface area contributed by atoms with Gasteiger partial charge in [0.2, 0.25) is 10.0 Å². The molecular weight excluding hydrogens is 238 g/mol. The number of likely N-dealkylation sites (N-methyl/N-ethyl adjacent to an activating group) is 1. The lowest BCUT2D eigenvalue weighted by Crippen LogP contribution is -2.50. The summed E-state index contributed by atoms with van der Waals surface area (Å²) in [4.78, 5) is 3.15. The quantitative estimate of drug-likeness (QED) is 0.837. The van der Waals surface area contributed by atoms with Crippen molar-refractivity contribution in [2.75, 3.05) is 20.1 Å². The second-order valence-electron chi connectivity index (χ2n) is 4.75. The topological polar surface area (TPSA) is 65.2 Å². The lowest BCUT2D eigenvalue weighted by molar-refractivity contribution is 0.260. The van der Waals surface area contributed by atoms with Gasteiger partial charge in [0.05, 0.1) is 4.90 Å². The molecule has 0 spiro atoms. The van der Waals surface area contributed by atoms with Crippen LogP contribution in [0.4, 0.5) is 0 Å². The monoisotopic (exact) mass is 257 g/mol. The molecule has 1 unspecified atom stereocenters. The fraction of sp³-hybridized carbons (Fsp3) is 0.636. The van der Waals surface area contributed by atoms with Crippen molar-refractivity contribution in [2.45, 2.75) is 30.2 Å². The Hall–Kier alpha value is -0.850. The highest BCUT2D eigenvalue weighted by atomic mass is 32.2. The summed E-state index contributed by atoms with van der Waals surface area (Å²) < 4.78 is 26.6. The Morgan fingerprint density at radius 1 is 1.59 bits per heavy atom. The number of rotatable bonds is 4. The Bertz CT molecular complexity index is 469. The summed E-state index contributed by atoms with van der Waals surface area (Å²) in [5.41, 5.74) is -0.315. The van der Waals surface area contributed by atoms with Crippen LogP contribution in [0, 0.1) is 0 Å². The fourth-order valence-corrected chi connectivity index (χ4v) is 4.38. The highest BCUT2D eigenvalue weighted by molar-refractivity contribution is 7.89. The molecule has 1 aromatic rings. The maximum absolute atomic E-state index is 12.5. The van der Waals surface area contributed by atoms with E-state index in [2.05, 4.69) is 10.3 Å². The molecule has 2 rings (SSSR count). The van der Waals surface area contributed by atoms with Crippen molar-refractivity contribution in [3.63, 3.8) is 0 Å².